The molecule has 0 bridgehead atoms. The van der Waals surface area contributed by atoms with Crippen LogP contribution < -0.4 is 10.5 Å². The van der Waals surface area contributed by atoms with Gasteiger partial charge in [-0.2, -0.15) is 13.2 Å². The van der Waals surface area contributed by atoms with Gasteiger partial charge >= 0.3 is 12.3 Å². The number of piperidine rings is 1. The van der Waals surface area contributed by atoms with Gasteiger partial charge in [0.2, 0.25) is 0 Å². The third kappa shape index (κ3) is 5.92. The number of nitrogens with two attached hydrogens (primary N) is 1. The molecule has 2 N–H and O–H groups in total. The normalized spacial score (nSPS) is 19.0. The first-order chi connectivity index (χ1) is 11.3. The number of primary amides is 1. The third-order valence-corrected chi connectivity index (χ3v) is 3.79. The smallest absolute Gasteiger partial charge is 0.416 e. The van der Waals surface area contributed by atoms with Crippen molar-refractivity contribution in [3.05, 3.63) is 29.8 Å². The van der Waals surface area contributed by atoms with Crippen molar-refractivity contribution in [1.82, 2.24) is 4.90 Å². The molecule has 5 nitrogen and oxygen atoms in total. The van der Waals surface area contributed by atoms with Crippen molar-refractivity contribution in [2.45, 2.75) is 31.5 Å². The molecular weight excluding hydrogens is 325 g/mol. The highest BCUT2D eigenvalue weighted by atomic mass is 19.4. The lowest BCUT2D eigenvalue weighted by molar-refractivity contribution is -0.137. The Hall–Kier alpha value is -1.96. The Balaban J connectivity index is 1.72. The van der Waals surface area contributed by atoms with E-state index in [1.54, 1.807) is 0 Å². The fraction of sp³-hybridized carbons (Fsp3) is 0.562. The molecule has 1 saturated heterocycles. The maximum atomic E-state index is 12.6. The summed E-state index contributed by atoms with van der Waals surface area (Å²) in [7, 11) is 0. The van der Waals surface area contributed by atoms with E-state index >= 15 is 0 Å². The first-order valence-corrected chi connectivity index (χ1v) is 7.83. The summed E-state index contributed by atoms with van der Waals surface area (Å²) in [6.07, 6.45) is -2.97. The van der Waals surface area contributed by atoms with Crippen molar-refractivity contribution in [2.75, 3.05) is 26.2 Å². The number of hydrogen-bond donors (Lipinski definition) is 1. The van der Waals surface area contributed by atoms with Gasteiger partial charge in [0.15, 0.2) is 0 Å². The molecule has 1 fully saturated rings. The van der Waals surface area contributed by atoms with Gasteiger partial charge in [0, 0.05) is 13.1 Å². The van der Waals surface area contributed by atoms with Crippen LogP contribution in [-0.4, -0.2) is 43.3 Å². The van der Waals surface area contributed by atoms with E-state index in [4.69, 9.17) is 15.2 Å². The first-order valence-electron chi connectivity index (χ1n) is 7.83. The molecule has 0 spiro atoms. The van der Waals surface area contributed by atoms with Crippen LogP contribution in [0, 0.1) is 0 Å². The topological polar surface area (TPSA) is 64.8 Å². The second kappa shape index (κ2) is 8.23. The maximum absolute atomic E-state index is 12.6. The fourth-order valence-corrected chi connectivity index (χ4v) is 2.72. The summed E-state index contributed by atoms with van der Waals surface area (Å²) in [5.41, 5.74) is 4.30. The molecule has 1 aliphatic heterocycles. The van der Waals surface area contributed by atoms with Gasteiger partial charge < -0.3 is 15.2 Å². The molecule has 1 aliphatic rings. The van der Waals surface area contributed by atoms with Gasteiger partial charge in [0.05, 0.1) is 12.2 Å². The Morgan fingerprint density at radius 3 is 2.88 bits per heavy atom. The number of halogens is 3. The van der Waals surface area contributed by atoms with E-state index in [9.17, 15) is 18.0 Å². The Kier molecular flexibility index (Phi) is 6.30. The molecule has 0 saturated carbocycles. The predicted molar refractivity (Wildman–Crippen MR) is 81.7 cm³/mol. The highest BCUT2D eigenvalue weighted by Gasteiger charge is 2.30. The van der Waals surface area contributed by atoms with Gasteiger partial charge in [-0.3, -0.25) is 4.90 Å². The molecule has 1 aromatic carbocycles. The molecule has 1 aromatic rings. The predicted octanol–water partition coefficient (Wildman–Crippen LogP) is 3.03. The Morgan fingerprint density at radius 2 is 2.17 bits per heavy atom. The van der Waals surface area contributed by atoms with Crippen LogP contribution in [0.5, 0.6) is 5.75 Å². The van der Waals surface area contributed by atoms with Crippen molar-refractivity contribution < 1.29 is 27.4 Å². The number of benzene rings is 1. The van der Waals surface area contributed by atoms with Crippen molar-refractivity contribution in [3.8, 4) is 5.75 Å². The molecule has 0 aliphatic carbocycles. The monoisotopic (exact) mass is 346 g/mol. The van der Waals surface area contributed by atoms with Crippen LogP contribution >= 0.6 is 0 Å². The summed E-state index contributed by atoms with van der Waals surface area (Å²) < 4.78 is 48.3. The molecule has 2 rings (SSSR count). The molecule has 1 atom stereocenters. The fourth-order valence-electron chi connectivity index (χ4n) is 2.72. The first kappa shape index (κ1) is 18.4. The molecule has 0 radical (unpaired) electrons. The number of carbonyl (C=O) groups is 1. The SMILES string of the molecule is NC(=O)OC1CCCN(CCCOc2cccc(C(F)(F)F)c2)C1. The number of likely N-dealkylation sites (tertiary alicyclic amines) is 1. The summed E-state index contributed by atoms with van der Waals surface area (Å²) in [6.45, 7) is 2.55. The van der Waals surface area contributed by atoms with Crippen molar-refractivity contribution >= 4 is 6.09 Å². The average Bonchev–Trinajstić information content (AvgIpc) is 2.51. The number of nitrogens with zero attached hydrogens (tertiary/aromatic N) is 1. The van der Waals surface area contributed by atoms with Crippen molar-refractivity contribution in [3.63, 3.8) is 0 Å². The maximum Gasteiger partial charge on any atom is 0.416 e. The summed E-state index contributed by atoms with van der Waals surface area (Å²) in [6, 6.07) is 4.85. The zero-order valence-corrected chi connectivity index (χ0v) is 13.2. The van der Waals surface area contributed by atoms with Crippen LogP contribution in [-0.2, 0) is 10.9 Å². The zero-order valence-electron chi connectivity index (χ0n) is 13.2. The van der Waals surface area contributed by atoms with Crippen LogP contribution in [0.25, 0.3) is 0 Å². The number of alkyl halides is 3. The van der Waals surface area contributed by atoms with Gasteiger partial charge in [0.25, 0.3) is 0 Å². The zero-order chi connectivity index (χ0) is 17.6. The average molecular weight is 346 g/mol. The molecule has 134 valence electrons. The molecule has 1 heterocycles. The summed E-state index contributed by atoms with van der Waals surface area (Å²) in [5, 5.41) is 0. The van der Waals surface area contributed by atoms with E-state index in [-0.39, 0.29) is 11.9 Å². The van der Waals surface area contributed by atoms with Crippen molar-refractivity contribution in [1.29, 1.82) is 0 Å². The van der Waals surface area contributed by atoms with E-state index in [0.717, 1.165) is 38.1 Å². The number of hydrogen-bond acceptors (Lipinski definition) is 4. The number of carbonyl (C=O) groups excluding carboxylic acids is 1. The van der Waals surface area contributed by atoms with Crippen LogP contribution in [0.4, 0.5) is 18.0 Å². The van der Waals surface area contributed by atoms with Gasteiger partial charge in [-0.05, 0) is 44.0 Å². The van der Waals surface area contributed by atoms with E-state index in [0.29, 0.717) is 19.6 Å². The molecule has 24 heavy (non-hydrogen) atoms. The van der Waals surface area contributed by atoms with Crippen LogP contribution in [0.15, 0.2) is 24.3 Å². The summed E-state index contributed by atoms with van der Waals surface area (Å²) >= 11 is 0. The second-order valence-electron chi connectivity index (χ2n) is 5.73. The van der Waals surface area contributed by atoms with E-state index < -0.39 is 17.8 Å². The minimum Gasteiger partial charge on any atom is -0.494 e. The molecular formula is C16H21F3N2O3. The summed E-state index contributed by atoms with van der Waals surface area (Å²) in [4.78, 5) is 12.9. The number of rotatable bonds is 6. The molecule has 1 amide bonds. The Labute approximate surface area is 138 Å². The van der Waals surface area contributed by atoms with Crippen molar-refractivity contribution in [2.24, 2.45) is 5.73 Å². The van der Waals surface area contributed by atoms with Crippen LogP contribution in [0.1, 0.15) is 24.8 Å². The van der Waals surface area contributed by atoms with Gasteiger partial charge in [-0.25, -0.2) is 4.79 Å². The van der Waals surface area contributed by atoms with E-state index in [2.05, 4.69) is 4.90 Å². The standard InChI is InChI=1S/C16H21F3N2O3/c17-16(18,19)12-4-1-5-13(10-12)23-9-3-8-21-7-2-6-14(11-21)24-15(20)22/h1,4-5,10,14H,2-3,6-9,11H2,(H2,20,22). The number of amides is 1. The largest absolute Gasteiger partial charge is 0.494 e. The van der Waals surface area contributed by atoms with Gasteiger partial charge in [-0.15, -0.1) is 0 Å². The molecule has 8 heteroatoms. The Bertz CT molecular complexity index is 552. The number of ether oxygens (including phenoxy) is 2. The summed E-state index contributed by atoms with van der Waals surface area (Å²) in [5.74, 6) is 0.207. The van der Waals surface area contributed by atoms with Crippen LogP contribution in [0.2, 0.25) is 0 Å². The third-order valence-electron chi connectivity index (χ3n) is 3.79. The van der Waals surface area contributed by atoms with Gasteiger partial charge in [0.1, 0.15) is 11.9 Å². The van der Waals surface area contributed by atoms with E-state index in [1.165, 1.54) is 12.1 Å². The lowest BCUT2D eigenvalue weighted by Gasteiger charge is -2.31. The molecule has 1 unspecified atom stereocenters. The van der Waals surface area contributed by atoms with Gasteiger partial charge in [-0.1, -0.05) is 6.07 Å². The quantitative estimate of drug-likeness (QED) is 0.804. The Morgan fingerprint density at radius 1 is 1.38 bits per heavy atom. The highest BCUT2D eigenvalue weighted by Crippen LogP contribution is 2.31. The highest BCUT2D eigenvalue weighted by molar-refractivity contribution is 5.64. The minimum absolute atomic E-state index is 0.194. The van der Waals surface area contributed by atoms with E-state index in [1.807, 2.05) is 0 Å². The molecule has 0 aromatic heterocycles. The minimum atomic E-state index is -4.37. The second-order valence-corrected chi connectivity index (χ2v) is 5.73. The lowest BCUT2D eigenvalue weighted by Crippen LogP contribution is -2.42. The lowest BCUT2D eigenvalue weighted by atomic mass is 10.1. The van der Waals surface area contributed by atoms with Crippen LogP contribution in [0.3, 0.4) is 0 Å².